The fraction of sp³-hybridized carbons (Fsp3) is 0.800. The highest BCUT2D eigenvalue weighted by atomic mass is 16.4. The Kier molecular flexibility index (Phi) is 5.21. The number of piperidine rings is 1. The second-order valence-corrected chi connectivity index (χ2v) is 4.15. The summed E-state index contributed by atoms with van der Waals surface area (Å²) in [6.07, 6.45) is 2.46. The normalized spacial score (nSPS) is 19.1. The lowest BCUT2D eigenvalue weighted by atomic mass is 9.94. The van der Waals surface area contributed by atoms with Gasteiger partial charge in [-0.1, -0.05) is 0 Å². The summed E-state index contributed by atoms with van der Waals surface area (Å²) < 4.78 is 0. The maximum absolute atomic E-state index is 11.5. The summed E-state index contributed by atoms with van der Waals surface area (Å²) in [4.78, 5) is 21.9. The summed E-state index contributed by atoms with van der Waals surface area (Å²) in [6.45, 7) is 1.90. The van der Waals surface area contributed by atoms with Crippen LogP contribution >= 0.6 is 0 Å². The van der Waals surface area contributed by atoms with Crippen LogP contribution in [0.5, 0.6) is 0 Å². The van der Waals surface area contributed by atoms with Gasteiger partial charge in [0.1, 0.15) is 6.04 Å². The molecular weight excluding hydrogens is 210 g/mol. The van der Waals surface area contributed by atoms with Gasteiger partial charge in [-0.15, -0.1) is 0 Å². The SMILES string of the molecule is NC(CNC(=O)CC1CCNCC1)C(=O)O. The number of carboxylic acid groups (broad SMARTS) is 1. The predicted molar refractivity (Wildman–Crippen MR) is 58.8 cm³/mol. The van der Waals surface area contributed by atoms with Gasteiger partial charge in [-0.25, -0.2) is 0 Å². The molecule has 6 heteroatoms. The van der Waals surface area contributed by atoms with E-state index in [-0.39, 0.29) is 12.5 Å². The second-order valence-electron chi connectivity index (χ2n) is 4.15. The number of rotatable bonds is 5. The minimum absolute atomic E-state index is 0.000856. The molecule has 0 aromatic heterocycles. The van der Waals surface area contributed by atoms with E-state index in [0.29, 0.717) is 12.3 Å². The van der Waals surface area contributed by atoms with Crippen LogP contribution in [0.3, 0.4) is 0 Å². The van der Waals surface area contributed by atoms with E-state index in [1.807, 2.05) is 0 Å². The zero-order valence-corrected chi connectivity index (χ0v) is 9.24. The quantitative estimate of drug-likeness (QED) is 0.479. The average molecular weight is 229 g/mol. The second kappa shape index (κ2) is 6.44. The average Bonchev–Trinajstić information content (AvgIpc) is 2.27. The van der Waals surface area contributed by atoms with E-state index in [9.17, 15) is 9.59 Å². The van der Waals surface area contributed by atoms with Crippen LogP contribution in [0.2, 0.25) is 0 Å². The number of nitrogens with one attached hydrogen (secondary N) is 2. The van der Waals surface area contributed by atoms with Gasteiger partial charge < -0.3 is 21.5 Å². The molecule has 1 heterocycles. The molecule has 5 N–H and O–H groups in total. The summed E-state index contributed by atoms with van der Waals surface area (Å²) in [5.74, 6) is -0.798. The van der Waals surface area contributed by atoms with Crippen molar-refractivity contribution in [3.63, 3.8) is 0 Å². The fourth-order valence-electron chi connectivity index (χ4n) is 1.73. The third-order valence-corrected chi connectivity index (χ3v) is 2.77. The van der Waals surface area contributed by atoms with Crippen molar-refractivity contribution in [2.24, 2.45) is 11.7 Å². The van der Waals surface area contributed by atoms with Crippen molar-refractivity contribution in [1.82, 2.24) is 10.6 Å². The molecule has 1 rings (SSSR count). The van der Waals surface area contributed by atoms with E-state index in [2.05, 4.69) is 10.6 Å². The van der Waals surface area contributed by atoms with Crippen LogP contribution in [-0.4, -0.2) is 42.7 Å². The van der Waals surface area contributed by atoms with Crippen molar-refractivity contribution in [3.8, 4) is 0 Å². The Hall–Kier alpha value is -1.14. The topological polar surface area (TPSA) is 104 Å². The predicted octanol–water partition coefficient (Wildman–Crippen LogP) is -1.10. The molecule has 0 spiro atoms. The van der Waals surface area contributed by atoms with E-state index >= 15 is 0 Å². The molecule has 0 bridgehead atoms. The van der Waals surface area contributed by atoms with Crippen molar-refractivity contribution in [2.75, 3.05) is 19.6 Å². The van der Waals surface area contributed by atoms with Crippen LogP contribution in [-0.2, 0) is 9.59 Å². The smallest absolute Gasteiger partial charge is 0.322 e. The summed E-state index contributed by atoms with van der Waals surface area (Å²) in [5.41, 5.74) is 5.27. The molecule has 0 saturated carbocycles. The minimum Gasteiger partial charge on any atom is -0.480 e. The molecule has 92 valence electrons. The van der Waals surface area contributed by atoms with Crippen molar-refractivity contribution < 1.29 is 14.7 Å². The first-order valence-corrected chi connectivity index (χ1v) is 5.55. The van der Waals surface area contributed by atoms with E-state index < -0.39 is 12.0 Å². The first kappa shape index (κ1) is 12.9. The van der Waals surface area contributed by atoms with Gasteiger partial charge in [0.05, 0.1) is 0 Å². The monoisotopic (exact) mass is 229 g/mol. The zero-order valence-electron chi connectivity index (χ0n) is 9.24. The molecule has 1 atom stereocenters. The van der Waals surface area contributed by atoms with Gasteiger partial charge in [0.25, 0.3) is 0 Å². The molecule has 1 aliphatic rings. The Morgan fingerprint density at radius 1 is 1.44 bits per heavy atom. The summed E-state index contributed by atoms with van der Waals surface area (Å²) in [6, 6.07) is -1.02. The first-order chi connectivity index (χ1) is 7.59. The van der Waals surface area contributed by atoms with Crippen LogP contribution in [0.1, 0.15) is 19.3 Å². The van der Waals surface area contributed by atoms with E-state index in [0.717, 1.165) is 25.9 Å². The lowest BCUT2D eigenvalue weighted by Gasteiger charge is -2.22. The first-order valence-electron chi connectivity index (χ1n) is 5.55. The van der Waals surface area contributed by atoms with Crippen molar-refractivity contribution in [2.45, 2.75) is 25.3 Å². The molecule has 16 heavy (non-hydrogen) atoms. The molecule has 0 aromatic carbocycles. The van der Waals surface area contributed by atoms with E-state index in [1.54, 1.807) is 0 Å². The minimum atomic E-state index is -1.10. The number of hydrogen-bond acceptors (Lipinski definition) is 4. The Morgan fingerprint density at radius 3 is 2.62 bits per heavy atom. The van der Waals surface area contributed by atoms with Gasteiger partial charge in [-0.3, -0.25) is 9.59 Å². The third kappa shape index (κ3) is 4.59. The lowest BCUT2D eigenvalue weighted by molar-refractivity contribution is -0.138. The Morgan fingerprint density at radius 2 is 2.06 bits per heavy atom. The molecule has 1 aliphatic heterocycles. The molecular formula is C10H19N3O3. The highest BCUT2D eigenvalue weighted by Crippen LogP contribution is 2.15. The molecule has 0 aromatic rings. The maximum atomic E-state index is 11.5. The molecule has 1 saturated heterocycles. The van der Waals surface area contributed by atoms with Gasteiger partial charge in [-0.2, -0.15) is 0 Å². The third-order valence-electron chi connectivity index (χ3n) is 2.77. The Labute approximate surface area is 94.6 Å². The molecule has 0 aliphatic carbocycles. The fourth-order valence-corrected chi connectivity index (χ4v) is 1.73. The standard InChI is InChI=1S/C10H19N3O3/c11-8(10(15)16)6-13-9(14)5-7-1-3-12-4-2-7/h7-8,12H,1-6,11H2,(H,13,14)(H,15,16). The maximum Gasteiger partial charge on any atom is 0.322 e. The zero-order chi connectivity index (χ0) is 12.0. The molecule has 1 fully saturated rings. The van der Waals surface area contributed by atoms with Gasteiger partial charge in [0.2, 0.25) is 5.91 Å². The van der Waals surface area contributed by atoms with Crippen LogP contribution in [0.25, 0.3) is 0 Å². The molecule has 0 radical (unpaired) electrons. The van der Waals surface area contributed by atoms with Crippen LogP contribution in [0.4, 0.5) is 0 Å². The highest BCUT2D eigenvalue weighted by molar-refractivity contribution is 5.78. The Bertz CT molecular complexity index is 252. The summed E-state index contributed by atoms with van der Waals surface area (Å²) in [5, 5.41) is 14.3. The lowest BCUT2D eigenvalue weighted by Crippen LogP contribution is -2.43. The summed E-state index contributed by atoms with van der Waals surface area (Å²) in [7, 11) is 0. The van der Waals surface area contributed by atoms with Crippen LogP contribution in [0, 0.1) is 5.92 Å². The van der Waals surface area contributed by atoms with Crippen molar-refractivity contribution in [1.29, 1.82) is 0 Å². The van der Waals surface area contributed by atoms with E-state index in [4.69, 9.17) is 10.8 Å². The molecule has 1 amide bonds. The van der Waals surface area contributed by atoms with Crippen molar-refractivity contribution in [3.05, 3.63) is 0 Å². The largest absolute Gasteiger partial charge is 0.480 e. The number of nitrogens with two attached hydrogens (primary N) is 1. The number of carboxylic acids is 1. The number of hydrogen-bond donors (Lipinski definition) is 4. The van der Waals surface area contributed by atoms with Crippen LogP contribution < -0.4 is 16.4 Å². The van der Waals surface area contributed by atoms with Gasteiger partial charge in [0, 0.05) is 13.0 Å². The summed E-state index contributed by atoms with van der Waals surface area (Å²) >= 11 is 0. The van der Waals surface area contributed by atoms with Crippen LogP contribution in [0.15, 0.2) is 0 Å². The van der Waals surface area contributed by atoms with Gasteiger partial charge in [-0.05, 0) is 31.8 Å². The number of carbonyl (C=O) groups excluding carboxylic acids is 1. The Balaban J connectivity index is 2.17. The highest BCUT2D eigenvalue weighted by Gasteiger charge is 2.18. The number of aliphatic carboxylic acids is 1. The van der Waals surface area contributed by atoms with Crippen molar-refractivity contribution >= 4 is 11.9 Å². The molecule has 1 unspecified atom stereocenters. The van der Waals surface area contributed by atoms with Gasteiger partial charge >= 0.3 is 5.97 Å². The number of carbonyl (C=O) groups is 2. The number of amides is 1. The van der Waals surface area contributed by atoms with Gasteiger partial charge in [0.15, 0.2) is 0 Å². The molecule has 6 nitrogen and oxygen atoms in total. The van der Waals surface area contributed by atoms with E-state index in [1.165, 1.54) is 0 Å².